The van der Waals surface area contributed by atoms with Gasteiger partial charge >= 0.3 is 0 Å². The van der Waals surface area contributed by atoms with E-state index >= 15 is 0 Å². The zero-order valence-electron chi connectivity index (χ0n) is 50.6. The summed E-state index contributed by atoms with van der Waals surface area (Å²) in [4.78, 5) is 73.4. The van der Waals surface area contributed by atoms with Crippen LogP contribution in [-0.4, -0.2) is 134 Å². The number of amides is 3. The Kier molecular flexibility index (Phi) is 19.5. The van der Waals surface area contributed by atoms with E-state index < -0.39 is 11.7 Å². The number of rotatable bonds is 22. The van der Waals surface area contributed by atoms with Gasteiger partial charge in [0.1, 0.15) is 58.9 Å². The van der Waals surface area contributed by atoms with Crippen LogP contribution in [0.2, 0.25) is 0 Å². The summed E-state index contributed by atoms with van der Waals surface area (Å²) in [5.74, 6) is 4.99. The number of anilines is 6. The molecule has 2 aliphatic rings. The van der Waals surface area contributed by atoms with E-state index in [1.54, 1.807) is 73.1 Å². The van der Waals surface area contributed by atoms with E-state index in [0.717, 1.165) is 76.6 Å². The van der Waals surface area contributed by atoms with Crippen LogP contribution in [0.4, 0.5) is 34.6 Å². The standard InChI is InChI=1S/C67H76N14O7/c1-44-34-48(77-62-52-36-58(79-28-26-68-27-29-79)69-38-54(52)73-42-75-62)16-22-57(44)88-51-20-14-47(15-21-51)65(86)72-41-67(6,25-9-11-61(83)84)24-8-7-10-60(82)81-32-30-80(31-33-81)59-37-53-55(39-70-59)74-43-76-63(53)78-49-17-23-56(45(2)35-49)87-50-18-12-46(13-19-50)64(85)71-40-66(3,4)5/h7,9-23,34-39,42-43,61,68,83-84H,8,24-33,40-41H2,1-6H3,(H,71,85)(H,72,86)(H,73,75,77)(H,74,76,78)/b10-7+,11-9+. The lowest BCUT2D eigenvalue weighted by Crippen LogP contribution is -2.48. The van der Waals surface area contributed by atoms with Gasteiger partial charge in [0.25, 0.3) is 11.8 Å². The Morgan fingerprint density at radius 3 is 1.60 bits per heavy atom. The molecule has 4 aromatic carbocycles. The molecule has 0 radical (unpaired) electrons. The molecule has 4 aromatic heterocycles. The SMILES string of the molecule is Cc1cc(Nc2ncnc3cnc(N4CCNCC4)cc23)ccc1Oc1ccc(C(=O)NCC(C)(C/C=C/C(O)O)CC/C=C/C(=O)N2CCN(c3cc4c(Nc5ccc(Oc6ccc(C(=O)NCC(C)(C)C)cc6)c(C)c5)ncnc4cn3)CC2)cc1. The predicted octanol–water partition coefficient (Wildman–Crippen LogP) is 9.92. The number of fused-ring (bicyclic) bond motifs is 2. The first kappa shape index (κ1) is 61.5. The number of piperazine rings is 2. The van der Waals surface area contributed by atoms with Gasteiger partial charge in [0.2, 0.25) is 5.91 Å². The molecule has 21 heteroatoms. The molecule has 21 nitrogen and oxygen atoms in total. The maximum absolute atomic E-state index is 13.6. The summed E-state index contributed by atoms with van der Waals surface area (Å²) in [6.45, 7) is 18.8. The van der Waals surface area contributed by atoms with Crippen molar-refractivity contribution in [3.63, 3.8) is 0 Å². The predicted molar refractivity (Wildman–Crippen MR) is 343 cm³/mol. The maximum atomic E-state index is 13.6. The summed E-state index contributed by atoms with van der Waals surface area (Å²) in [6.07, 6.45) is 13.0. The summed E-state index contributed by atoms with van der Waals surface area (Å²) in [5, 5.41) is 37.1. The summed E-state index contributed by atoms with van der Waals surface area (Å²) in [5.41, 5.74) is 5.40. The third-order valence-corrected chi connectivity index (χ3v) is 15.5. The van der Waals surface area contributed by atoms with E-state index in [1.807, 2.05) is 80.3 Å². The van der Waals surface area contributed by atoms with Gasteiger partial charge in [-0.25, -0.2) is 29.9 Å². The smallest absolute Gasteiger partial charge is 0.251 e. The second-order valence-corrected chi connectivity index (χ2v) is 23.8. The fraction of sp³-hybridized carbons (Fsp3) is 0.328. The van der Waals surface area contributed by atoms with Crippen molar-refractivity contribution in [2.45, 2.75) is 67.1 Å². The first-order valence-electron chi connectivity index (χ1n) is 29.7. The Labute approximate surface area is 512 Å². The lowest BCUT2D eigenvalue weighted by Gasteiger charge is -2.35. The molecule has 0 saturated carbocycles. The number of pyridine rings is 2. The van der Waals surface area contributed by atoms with Gasteiger partial charge < -0.3 is 61.0 Å². The number of aryl methyl sites for hydroxylation is 2. The van der Waals surface area contributed by atoms with Gasteiger partial charge in [-0.3, -0.25) is 14.4 Å². The third kappa shape index (κ3) is 16.3. The Morgan fingerprint density at radius 1 is 0.614 bits per heavy atom. The van der Waals surface area contributed by atoms with Gasteiger partial charge in [-0.15, -0.1) is 0 Å². The molecule has 2 saturated heterocycles. The average molecular weight is 1190 g/mol. The topological polar surface area (TPSA) is 257 Å². The van der Waals surface area contributed by atoms with Crippen LogP contribution in [0.5, 0.6) is 23.0 Å². The van der Waals surface area contributed by atoms with Crippen molar-refractivity contribution < 1.29 is 34.1 Å². The number of benzene rings is 4. The number of aromatic nitrogens is 6. The summed E-state index contributed by atoms with van der Waals surface area (Å²) >= 11 is 0. The minimum atomic E-state index is -1.60. The lowest BCUT2D eigenvalue weighted by atomic mass is 9.81. The molecule has 0 bridgehead atoms. The molecule has 6 heterocycles. The summed E-state index contributed by atoms with van der Waals surface area (Å²) in [6, 6.07) is 29.7. The first-order chi connectivity index (χ1) is 42.4. The van der Waals surface area contributed by atoms with E-state index in [2.05, 4.69) is 82.1 Å². The fourth-order valence-electron chi connectivity index (χ4n) is 10.4. The number of aliphatic hydroxyl groups is 2. The fourth-order valence-corrected chi connectivity index (χ4v) is 10.4. The monoisotopic (exact) mass is 1190 g/mol. The number of nitrogens with one attached hydrogen (secondary N) is 5. The highest BCUT2D eigenvalue weighted by Crippen LogP contribution is 2.34. The maximum Gasteiger partial charge on any atom is 0.251 e. The molecule has 0 aliphatic carbocycles. The van der Waals surface area contributed by atoms with Crippen LogP contribution in [-0.2, 0) is 4.79 Å². The number of carbonyl (C=O) groups is 3. The third-order valence-electron chi connectivity index (χ3n) is 15.5. The van der Waals surface area contributed by atoms with Gasteiger partial charge in [0.05, 0.1) is 23.4 Å². The largest absolute Gasteiger partial charge is 0.457 e. The zero-order valence-corrected chi connectivity index (χ0v) is 50.6. The molecule has 7 N–H and O–H groups in total. The molecule has 3 amide bonds. The number of allylic oxidation sites excluding steroid dienone is 2. The zero-order chi connectivity index (χ0) is 61.8. The van der Waals surface area contributed by atoms with Crippen molar-refractivity contribution in [2.75, 3.05) is 85.9 Å². The Morgan fingerprint density at radius 2 is 1.11 bits per heavy atom. The van der Waals surface area contributed by atoms with Crippen LogP contribution in [0.3, 0.4) is 0 Å². The Bertz CT molecular complexity index is 3820. The minimum Gasteiger partial charge on any atom is -0.457 e. The number of aliphatic hydroxyl groups excluding tert-OH is 1. The molecular formula is C67H76N14O7. The van der Waals surface area contributed by atoms with Crippen molar-refractivity contribution in [1.29, 1.82) is 0 Å². The van der Waals surface area contributed by atoms with E-state index in [9.17, 15) is 24.6 Å². The van der Waals surface area contributed by atoms with Gasteiger partial charge in [0, 0.05) is 98.7 Å². The van der Waals surface area contributed by atoms with Crippen LogP contribution >= 0.6 is 0 Å². The molecule has 10 rings (SSSR count). The van der Waals surface area contributed by atoms with E-state index in [1.165, 1.54) is 18.7 Å². The Balaban J connectivity index is 0.687. The number of nitrogens with zero attached hydrogens (tertiary/aromatic N) is 9. The quantitative estimate of drug-likeness (QED) is 0.0189. The molecule has 1 unspecified atom stereocenters. The molecular weight excluding hydrogens is 1110 g/mol. The summed E-state index contributed by atoms with van der Waals surface area (Å²) in [7, 11) is 0. The van der Waals surface area contributed by atoms with Crippen LogP contribution < -0.4 is 45.9 Å². The molecule has 88 heavy (non-hydrogen) atoms. The van der Waals surface area contributed by atoms with Gasteiger partial charge in [0.15, 0.2) is 6.29 Å². The van der Waals surface area contributed by atoms with Gasteiger partial charge in [-0.2, -0.15) is 0 Å². The van der Waals surface area contributed by atoms with Crippen molar-refractivity contribution in [2.24, 2.45) is 10.8 Å². The van der Waals surface area contributed by atoms with E-state index in [4.69, 9.17) is 14.5 Å². The molecule has 456 valence electrons. The van der Waals surface area contributed by atoms with Crippen molar-refractivity contribution in [3.05, 3.63) is 169 Å². The number of hydrogen-bond acceptors (Lipinski definition) is 18. The average Bonchev–Trinajstić information content (AvgIpc) is 1.76. The molecule has 8 aromatic rings. The van der Waals surface area contributed by atoms with Crippen LogP contribution in [0.15, 0.2) is 146 Å². The highest BCUT2D eigenvalue weighted by atomic mass is 16.5. The van der Waals surface area contributed by atoms with Crippen LogP contribution in [0.1, 0.15) is 78.8 Å². The molecule has 1 atom stereocenters. The molecule has 2 aliphatic heterocycles. The second kappa shape index (κ2) is 27.9. The van der Waals surface area contributed by atoms with Crippen LogP contribution in [0.25, 0.3) is 21.8 Å². The molecule has 2 fully saturated rings. The van der Waals surface area contributed by atoms with E-state index in [0.29, 0.717) is 110 Å². The van der Waals surface area contributed by atoms with Crippen molar-refractivity contribution in [1.82, 2.24) is 50.8 Å². The minimum absolute atomic E-state index is 0.0163. The van der Waals surface area contributed by atoms with Crippen molar-refractivity contribution in [3.8, 4) is 23.0 Å². The number of ether oxygens (including phenoxy) is 2. The van der Waals surface area contributed by atoms with E-state index in [-0.39, 0.29) is 23.1 Å². The lowest BCUT2D eigenvalue weighted by molar-refractivity contribution is -0.126. The number of hydrogen-bond donors (Lipinski definition) is 7. The highest BCUT2D eigenvalue weighted by Gasteiger charge is 2.26. The van der Waals surface area contributed by atoms with Gasteiger partial charge in [-0.1, -0.05) is 39.8 Å². The van der Waals surface area contributed by atoms with Crippen molar-refractivity contribution >= 4 is 74.2 Å². The van der Waals surface area contributed by atoms with Gasteiger partial charge in [-0.05, 0) is 164 Å². The number of carbonyl (C=O) groups excluding carboxylic acids is 3. The molecule has 0 spiro atoms. The van der Waals surface area contributed by atoms with Crippen LogP contribution in [0, 0.1) is 24.7 Å². The Hall–Kier alpha value is -9.57. The summed E-state index contributed by atoms with van der Waals surface area (Å²) < 4.78 is 12.5. The normalized spacial score (nSPS) is 14.6. The second-order valence-electron chi connectivity index (χ2n) is 23.8. The highest BCUT2D eigenvalue weighted by molar-refractivity contribution is 5.96. The first-order valence-corrected chi connectivity index (χ1v) is 29.7.